The minimum Gasteiger partial charge on any atom is -0.464 e. The third kappa shape index (κ3) is 2.80. The Morgan fingerprint density at radius 3 is 2.21 bits per heavy atom. The Kier molecular flexibility index (Phi) is 4.50. The van der Waals surface area contributed by atoms with Crippen LogP contribution in [0.3, 0.4) is 0 Å². The lowest BCUT2D eigenvalue weighted by Gasteiger charge is -2.22. The predicted octanol–water partition coefficient (Wildman–Crippen LogP) is 2.66. The lowest BCUT2D eigenvalue weighted by atomic mass is 9.97. The summed E-state index contributed by atoms with van der Waals surface area (Å²) in [5.74, 6) is -2.65. The summed E-state index contributed by atoms with van der Waals surface area (Å²) >= 11 is 3.34. The van der Waals surface area contributed by atoms with Crippen LogP contribution in [-0.4, -0.2) is 36.6 Å². The van der Waals surface area contributed by atoms with Gasteiger partial charge in [-0.3, -0.25) is 14.6 Å². The highest BCUT2D eigenvalue weighted by Gasteiger charge is 2.59. The molecular formula is C20H16BrN3O4. The van der Waals surface area contributed by atoms with Gasteiger partial charge in [-0.1, -0.05) is 33.6 Å². The molecule has 0 spiro atoms. The Morgan fingerprint density at radius 1 is 1.00 bits per heavy atom. The largest absolute Gasteiger partial charge is 0.464 e. The molecule has 0 saturated carbocycles. The van der Waals surface area contributed by atoms with Crippen molar-refractivity contribution in [1.82, 2.24) is 0 Å². The Balaban J connectivity index is 1.79. The van der Waals surface area contributed by atoms with Crippen molar-refractivity contribution in [3.05, 3.63) is 58.6 Å². The lowest BCUT2D eigenvalue weighted by Crippen LogP contribution is -2.39. The van der Waals surface area contributed by atoms with E-state index < -0.39 is 29.7 Å². The van der Waals surface area contributed by atoms with Crippen LogP contribution in [0.15, 0.2) is 58.1 Å². The zero-order valence-electron chi connectivity index (χ0n) is 15.1. The number of benzene rings is 2. The molecule has 2 atom stereocenters. The van der Waals surface area contributed by atoms with E-state index in [1.807, 2.05) is 19.1 Å². The molecule has 7 nitrogen and oxygen atoms in total. The van der Waals surface area contributed by atoms with Crippen LogP contribution in [0.5, 0.6) is 0 Å². The first kappa shape index (κ1) is 18.4. The van der Waals surface area contributed by atoms with Gasteiger partial charge in [0.15, 0.2) is 5.71 Å². The topological polar surface area (TPSA) is 79.3 Å². The molecule has 0 unspecified atom stereocenters. The number of rotatable bonds is 3. The molecule has 4 rings (SSSR count). The molecule has 28 heavy (non-hydrogen) atoms. The third-order valence-corrected chi connectivity index (χ3v) is 5.36. The summed E-state index contributed by atoms with van der Waals surface area (Å²) in [5, 5.41) is 5.73. The number of hydrogen-bond acceptors (Lipinski definition) is 6. The van der Waals surface area contributed by atoms with Crippen molar-refractivity contribution in [3.8, 4) is 0 Å². The van der Waals surface area contributed by atoms with Crippen molar-refractivity contribution in [3.63, 3.8) is 0 Å². The number of esters is 1. The fraction of sp³-hybridized carbons (Fsp3) is 0.200. The molecule has 1 saturated heterocycles. The summed E-state index contributed by atoms with van der Waals surface area (Å²) in [6.07, 6.45) is 0. The smallest absolute Gasteiger partial charge is 0.355 e. The van der Waals surface area contributed by atoms with Gasteiger partial charge in [0.05, 0.1) is 18.5 Å². The molecule has 2 heterocycles. The van der Waals surface area contributed by atoms with E-state index in [1.165, 1.54) is 12.1 Å². The molecular weight excluding hydrogens is 426 g/mol. The Labute approximate surface area is 169 Å². The van der Waals surface area contributed by atoms with Gasteiger partial charge < -0.3 is 4.74 Å². The molecule has 142 valence electrons. The number of methoxy groups -OCH3 is 1. The molecule has 2 aliphatic rings. The number of carbonyl (C=O) groups excluding carboxylic acids is 3. The van der Waals surface area contributed by atoms with Crippen LogP contribution in [-0.2, 0) is 19.1 Å². The lowest BCUT2D eigenvalue weighted by molar-refractivity contribution is -0.133. The minimum absolute atomic E-state index is 0.0639. The van der Waals surface area contributed by atoms with E-state index in [4.69, 9.17) is 4.74 Å². The summed E-state index contributed by atoms with van der Waals surface area (Å²) < 4.78 is 5.63. The quantitative estimate of drug-likeness (QED) is 0.540. The molecule has 0 bridgehead atoms. The molecule has 2 aromatic carbocycles. The fourth-order valence-electron chi connectivity index (χ4n) is 3.44. The molecule has 8 heteroatoms. The number of imide groups is 1. The van der Waals surface area contributed by atoms with Crippen LogP contribution in [0, 0.1) is 12.8 Å². The van der Waals surface area contributed by atoms with Crippen LogP contribution in [0.2, 0.25) is 0 Å². The number of hydrogen-bond donors (Lipinski definition) is 0. The number of anilines is 2. The highest BCUT2D eigenvalue weighted by molar-refractivity contribution is 9.10. The van der Waals surface area contributed by atoms with Gasteiger partial charge in [0.25, 0.3) is 5.91 Å². The monoisotopic (exact) mass is 441 g/mol. The van der Waals surface area contributed by atoms with Gasteiger partial charge in [0.2, 0.25) is 5.91 Å². The third-order valence-electron chi connectivity index (χ3n) is 4.83. The number of halogens is 1. The summed E-state index contributed by atoms with van der Waals surface area (Å²) in [4.78, 5) is 39.7. The van der Waals surface area contributed by atoms with Crippen LogP contribution in [0.4, 0.5) is 11.4 Å². The van der Waals surface area contributed by atoms with Crippen LogP contribution < -0.4 is 9.91 Å². The second kappa shape index (κ2) is 6.87. The maximum Gasteiger partial charge on any atom is 0.355 e. The normalized spacial score (nSPS) is 21.0. The molecule has 0 aliphatic carbocycles. The minimum atomic E-state index is -1.01. The van der Waals surface area contributed by atoms with Gasteiger partial charge in [-0.25, -0.2) is 9.69 Å². The van der Waals surface area contributed by atoms with Gasteiger partial charge in [0.1, 0.15) is 12.0 Å². The Bertz CT molecular complexity index is 1000. The number of aryl methyl sites for hydroxylation is 1. The molecule has 2 aliphatic heterocycles. The van der Waals surface area contributed by atoms with Crippen molar-refractivity contribution in [2.24, 2.45) is 11.0 Å². The zero-order chi connectivity index (χ0) is 20.0. The number of nitrogens with zero attached hydrogens (tertiary/aromatic N) is 3. The second-order valence-corrected chi connectivity index (χ2v) is 7.48. The molecule has 0 N–H and O–H groups in total. The van der Waals surface area contributed by atoms with E-state index in [2.05, 4.69) is 21.0 Å². The Hall–Kier alpha value is -3.00. The first-order valence-electron chi connectivity index (χ1n) is 8.58. The highest BCUT2D eigenvalue weighted by Crippen LogP contribution is 2.38. The SMILES string of the molecule is COC(=O)C1=NN(c2ccc(C)cc2)[C@H]2C(=O)N(c3ccc(Br)cc3)C(=O)[C@@H]12. The van der Waals surface area contributed by atoms with Crippen LogP contribution in [0.1, 0.15) is 5.56 Å². The van der Waals surface area contributed by atoms with Crippen molar-refractivity contribution in [2.75, 3.05) is 17.0 Å². The molecule has 0 aromatic heterocycles. The first-order chi connectivity index (χ1) is 13.4. The summed E-state index contributed by atoms with van der Waals surface area (Å²) in [7, 11) is 1.22. The van der Waals surface area contributed by atoms with Crippen molar-refractivity contribution in [1.29, 1.82) is 0 Å². The summed E-state index contributed by atoms with van der Waals surface area (Å²) in [5.41, 5.74) is 2.05. The van der Waals surface area contributed by atoms with Gasteiger partial charge in [-0.2, -0.15) is 5.10 Å². The summed E-state index contributed by atoms with van der Waals surface area (Å²) in [6, 6.07) is 13.3. The number of fused-ring (bicyclic) bond motifs is 1. The maximum atomic E-state index is 13.2. The van der Waals surface area contributed by atoms with E-state index in [0.717, 1.165) is 14.9 Å². The number of carbonyl (C=O) groups is 3. The number of hydrazone groups is 1. The maximum absolute atomic E-state index is 13.2. The van der Waals surface area contributed by atoms with E-state index >= 15 is 0 Å². The van der Waals surface area contributed by atoms with Gasteiger partial charge in [0, 0.05) is 4.47 Å². The van der Waals surface area contributed by atoms with Crippen molar-refractivity contribution < 1.29 is 19.1 Å². The first-order valence-corrected chi connectivity index (χ1v) is 9.38. The van der Waals surface area contributed by atoms with Crippen LogP contribution >= 0.6 is 15.9 Å². The molecule has 1 fully saturated rings. The summed E-state index contributed by atoms with van der Waals surface area (Å²) in [6.45, 7) is 1.94. The average molecular weight is 442 g/mol. The van der Waals surface area contributed by atoms with E-state index in [0.29, 0.717) is 11.4 Å². The second-order valence-electron chi connectivity index (χ2n) is 6.57. The van der Waals surface area contributed by atoms with Gasteiger partial charge in [-0.05, 0) is 43.3 Å². The fourth-order valence-corrected chi connectivity index (χ4v) is 3.71. The van der Waals surface area contributed by atoms with E-state index in [1.54, 1.807) is 36.4 Å². The van der Waals surface area contributed by atoms with Crippen molar-refractivity contribution >= 4 is 50.8 Å². The van der Waals surface area contributed by atoms with Gasteiger partial charge in [-0.15, -0.1) is 0 Å². The molecule has 2 amide bonds. The number of ether oxygens (including phenoxy) is 1. The van der Waals surface area contributed by atoms with Crippen molar-refractivity contribution in [2.45, 2.75) is 13.0 Å². The molecule has 0 radical (unpaired) electrons. The predicted molar refractivity (Wildman–Crippen MR) is 107 cm³/mol. The average Bonchev–Trinajstić information content (AvgIpc) is 3.20. The van der Waals surface area contributed by atoms with E-state index in [9.17, 15) is 14.4 Å². The van der Waals surface area contributed by atoms with Crippen LogP contribution in [0.25, 0.3) is 0 Å². The Morgan fingerprint density at radius 2 is 1.61 bits per heavy atom. The van der Waals surface area contributed by atoms with E-state index in [-0.39, 0.29) is 5.71 Å². The highest BCUT2D eigenvalue weighted by atomic mass is 79.9. The zero-order valence-corrected chi connectivity index (χ0v) is 16.7. The number of amides is 2. The molecule has 2 aromatic rings. The standard InChI is InChI=1S/C20H16BrN3O4/c1-11-3-7-14(8-4-11)24-17-15(16(22-24)20(27)28-2)18(25)23(19(17)26)13-9-5-12(21)6-10-13/h3-10,15,17H,1-2H3/t15-,17+/m0/s1. The van der Waals surface area contributed by atoms with Gasteiger partial charge >= 0.3 is 5.97 Å².